The Kier molecular flexibility index (Phi) is 5.45. The predicted molar refractivity (Wildman–Crippen MR) is 88.1 cm³/mol. The number of aryl methyl sites for hydroxylation is 1. The van der Waals surface area contributed by atoms with Crippen LogP contribution < -0.4 is 5.32 Å². The number of hydrogen-bond acceptors (Lipinski definition) is 3. The van der Waals surface area contributed by atoms with Crippen LogP contribution in [-0.2, 0) is 17.9 Å². The maximum atomic E-state index is 13.7. The first-order chi connectivity index (χ1) is 12.8. The summed E-state index contributed by atoms with van der Waals surface area (Å²) in [4.78, 5) is 11.9. The van der Waals surface area contributed by atoms with Crippen LogP contribution in [0.1, 0.15) is 12.0 Å². The van der Waals surface area contributed by atoms with Gasteiger partial charge in [-0.25, -0.2) is 17.6 Å². The topological polar surface area (TPSA) is 64.7 Å². The highest BCUT2D eigenvalue weighted by Crippen LogP contribution is 2.20. The van der Waals surface area contributed by atoms with Crippen molar-refractivity contribution in [3.8, 4) is 0 Å². The van der Waals surface area contributed by atoms with Gasteiger partial charge in [-0.2, -0.15) is 10.2 Å². The van der Waals surface area contributed by atoms with Gasteiger partial charge < -0.3 is 5.32 Å². The van der Waals surface area contributed by atoms with E-state index in [-0.39, 0.29) is 24.1 Å². The Balaban J connectivity index is 1.62. The molecule has 1 N–H and O–H groups in total. The highest BCUT2D eigenvalue weighted by molar-refractivity contribution is 6.30. The van der Waals surface area contributed by atoms with Crippen molar-refractivity contribution in [1.29, 1.82) is 0 Å². The third-order valence-corrected chi connectivity index (χ3v) is 3.81. The minimum Gasteiger partial charge on any atom is -0.323 e. The summed E-state index contributed by atoms with van der Waals surface area (Å²) in [5.74, 6) is -6.56. The Morgan fingerprint density at radius 1 is 1.04 bits per heavy atom. The van der Waals surface area contributed by atoms with E-state index in [9.17, 15) is 22.4 Å². The van der Waals surface area contributed by atoms with Gasteiger partial charge in [0, 0.05) is 37.0 Å². The van der Waals surface area contributed by atoms with Crippen LogP contribution in [0, 0.1) is 23.3 Å². The number of anilines is 1. The second-order valence-corrected chi connectivity index (χ2v) is 6.03. The van der Waals surface area contributed by atoms with Crippen molar-refractivity contribution in [3.05, 3.63) is 64.7 Å². The number of carbonyl (C=O) groups is 1. The number of benzene rings is 1. The SMILES string of the molecule is O=C(CCn1cc(Cl)cn1)Nc1cnn(Cc2c(F)cc(F)c(F)c2F)c1. The molecule has 0 saturated carbocycles. The molecule has 3 aromatic rings. The molecule has 27 heavy (non-hydrogen) atoms. The minimum absolute atomic E-state index is 0.107. The van der Waals surface area contributed by atoms with E-state index < -0.39 is 35.4 Å². The largest absolute Gasteiger partial charge is 0.323 e. The molecule has 0 fully saturated rings. The molecule has 1 aromatic carbocycles. The highest BCUT2D eigenvalue weighted by atomic mass is 35.5. The first-order valence-corrected chi connectivity index (χ1v) is 8.03. The van der Waals surface area contributed by atoms with Crippen molar-refractivity contribution < 1.29 is 22.4 Å². The summed E-state index contributed by atoms with van der Waals surface area (Å²) in [6.45, 7) is -0.172. The Morgan fingerprint density at radius 2 is 1.78 bits per heavy atom. The predicted octanol–water partition coefficient (Wildman–Crippen LogP) is 3.37. The summed E-state index contributed by atoms with van der Waals surface area (Å²) >= 11 is 5.72. The molecule has 0 atom stereocenters. The molecule has 3 rings (SSSR count). The maximum Gasteiger partial charge on any atom is 0.226 e. The quantitative estimate of drug-likeness (QED) is 0.391. The molecule has 0 radical (unpaired) electrons. The van der Waals surface area contributed by atoms with E-state index in [1.807, 2.05) is 0 Å². The summed E-state index contributed by atoms with van der Waals surface area (Å²) in [7, 11) is 0. The molecule has 0 aliphatic heterocycles. The van der Waals surface area contributed by atoms with Crippen molar-refractivity contribution >= 4 is 23.2 Å². The van der Waals surface area contributed by atoms with E-state index in [1.54, 1.807) is 6.20 Å². The van der Waals surface area contributed by atoms with Crippen molar-refractivity contribution in [3.63, 3.8) is 0 Å². The highest BCUT2D eigenvalue weighted by Gasteiger charge is 2.19. The zero-order valence-corrected chi connectivity index (χ0v) is 14.4. The lowest BCUT2D eigenvalue weighted by atomic mass is 10.2. The van der Waals surface area contributed by atoms with E-state index in [0.717, 1.165) is 4.68 Å². The number of aromatic nitrogens is 4. The second-order valence-electron chi connectivity index (χ2n) is 5.59. The number of halogens is 5. The Labute approximate surface area is 155 Å². The van der Waals surface area contributed by atoms with Crippen LogP contribution in [-0.4, -0.2) is 25.5 Å². The number of nitrogens with zero attached hydrogens (tertiary/aromatic N) is 4. The average Bonchev–Trinajstić information content (AvgIpc) is 3.24. The van der Waals surface area contributed by atoms with Gasteiger partial charge in [0.1, 0.15) is 5.82 Å². The van der Waals surface area contributed by atoms with Gasteiger partial charge in [-0.3, -0.25) is 14.2 Å². The van der Waals surface area contributed by atoms with Crippen molar-refractivity contribution in [2.45, 2.75) is 19.5 Å². The molecule has 0 bridgehead atoms. The first kappa shape index (κ1) is 18.9. The van der Waals surface area contributed by atoms with Gasteiger partial charge in [0.05, 0.1) is 29.6 Å². The van der Waals surface area contributed by atoms with Crippen LogP contribution in [0.2, 0.25) is 5.02 Å². The van der Waals surface area contributed by atoms with E-state index in [2.05, 4.69) is 15.5 Å². The number of rotatable bonds is 6. The van der Waals surface area contributed by atoms with Crippen LogP contribution in [0.4, 0.5) is 23.2 Å². The summed E-state index contributed by atoms with van der Waals surface area (Å²) in [5.41, 5.74) is -0.396. The maximum absolute atomic E-state index is 13.7. The summed E-state index contributed by atoms with van der Waals surface area (Å²) in [6, 6.07) is 0.265. The van der Waals surface area contributed by atoms with Gasteiger partial charge in [0.25, 0.3) is 0 Å². The molecule has 142 valence electrons. The Bertz CT molecular complexity index is 987. The minimum atomic E-state index is -1.76. The number of amides is 1. The normalized spacial score (nSPS) is 11.0. The molecule has 0 unspecified atom stereocenters. The molecular weight excluding hydrogens is 390 g/mol. The third kappa shape index (κ3) is 4.45. The standard InChI is InChI=1S/C16H12ClF4N5O/c17-9-4-22-25(6-9)2-1-14(27)24-10-5-23-26(7-10)8-11-12(18)3-13(19)16(21)15(11)20/h3-7H,1-2,8H2,(H,24,27). The van der Waals surface area contributed by atoms with Gasteiger partial charge in [-0.1, -0.05) is 11.6 Å². The van der Waals surface area contributed by atoms with Gasteiger partial charge in [0.15, 0.2) is 17.5 Å². The fourth-order valence-electron chi connectivity index (χ4n) is 2.33. The van der Waals surface area contributed by atoms with Crippen LogP contribution in [0.5, 0.6) is 0 Å². The number of nitrogens with one attached hydrogen (secondary N) is 1. The Hall–Kier alpha value is -2.88. The molecule has 2 aromatic heterocycles. The van der Waals surface area contributed by atoms with Gasteiger partial charge >= 0.3 is 0 Å². The van der Waals surface area contributed by atoms with Crippen molar-refractivity contribution in [2.75, 3.05) is 5.32 Å². The molecule has 0 spiro atoms. The molecule has 1 amide bonds. The van der Waals surface area contributed by atoms with Crippen LogP contribution in [0.25, 0.3) is 0 Å². The van der Waals surface area contributed by atoms with Gasteiger partial charge in [0.2, 0.25) is 5.91 Å². The van der Waals surface area contributed by atoms with E-state index in [4.69, 9.17) is 11.6 Å². The zero-order valence-electron chi connectivity index (χ0n) is 13.6. The van der Waals surface area contributed by atoms with Crippen molar-refractivity contribution in [2.24, 2.45) is 0 Å². The number of hydrogen-bond donors (Lipinski definition) is 1. The molecule has 6 nitrogen and oxygen atoms in total. The smallest absolute Gasteiger partial charge is 0.226 e. The van der Waals surface area contributed by atoms with Crippen LogP contribution in [0.3, 0.4) is 0 Å². The monoisotopic (exact) mass is 401 g/mol. The summed E-state index contributed by atoms with van der Waals surface area (Å²) < 4.78 is 56.2. The van der Waals surface area contributed by atoms with Gasteiger partial charge in [-0.05, 0) is 0 Å². The fourth-order valence-corrected chi connectivity index (χ4v) is 2.48. The fraction of sp³-hybridized carbons (Fsp3) is 0.188. The molecular formula is C16H12ClF4N5O. The van der Waals surface area contributed by atoms with E-state index in [1.165, 1.54) is 23.3 Å². The molecule has 0 aliphatic carbocycles. The third-order valence-electron chi connectivity index (χ3n) is 3.62. The van der Waals surface area contributed by atoms with Gasteiger partial charge in [-0.15, -0.1) is 0 Å². The number of carbonyl (C=O) groups excluding carboxylic acids is 1. The lowest BCUT2D eigenvalue weighted by Crippen LogP contribution is -2.14. The lowest BCUT2D eigenvalue weighted by molar-refractivity contribution is -0.116. The molecule has 11 heteroatoms. The van der Waals surface area contributed by atoms with Crippen molar-refractivity contribution in [1.82, 2.24) is 19.6 Å². The lowest BCUT2D eigenvalue weighted by Gasteiger charge is -2.07. The van der Waals surface area contributed by atoms with Crippen LogP contribution >= 0.6 is 11.6 Å². The van der Waals surface area contributed by atoms with E-state index >= 15 is 0 Å². The first-order valence-electron chi connectivity index (χ1n) is 7.65. The molecule has 2 heterocycles. The molecule has 0 aliphatic rings. The Morgan fingerprint density at radius 3 is 2.48 bits per heavy atom. The zero-order chi connectivity index (χ0) is 19.6. The molecule has 0 saturated heterocycles. The average molecular weight is 402 g/mol. The van der Waals surface area contributed by atoms with E-state index in [0.29, 0.717) is 11.6 Å². The summed E-state index contributed by atoms with van der Waals surface area (Å²) in [6.07, 6.45) is 5.69. The summed E-state index contributed by atoms with van der Waals surface area (Å²) in [5, 5.41) is 10.8. The van der Waals surface area contributed by atoms with Crippen LogP contribution in [0.15, 0.2) is 30.9 Å². The second kappa shape index (κ2) is 7.78.